The number of amides is 1. The molecular weight excluding hydrogens is 819 g/mol. The molecule has 8 heteroatoms. The van der Waals surface area contributed by atoms with Crippen molar-refractivity contribution < 1.29 is 23.9 Å². The van der Waals surface area contributed by atoms with Crippen molar-refractivity contribution in [2.75, 3.05) is 0 Å². The Labute approximate surface area is 385 Å². The number of benzene rings is 8. The van der Waals surface area contributed by atoms with Gasteiger partial charge in [0.15, 0.2) is 0 Å². The Kier molecular flexibility index (Phi) is 9.68. The molecule has 0 saturated heterocycles. The first-order valence-electron chi connectivity index (χ1n) is 24.4. The third kappa shape index (κ3) is 6.27. The van der Waals surface area contributed by atoms with Gasteiger partial charge in [-0.1, -0.05) is 106 Å². The molecule has 0 heterocycles. The fourth-order valence-corrected chi connectivity index (χ4v) is 15.2. The van der Waals surface area contributed by atoms with Crippen molar-refractivity contribution in [2.45, 2.75) is 96.8 Å². The average Bonchev–Trinajstić information content (AvgIpc) is 3.70. The molecule has 336 valence electrons. The number of carbonyl (C=O) groups excluding carboxylic acids is 3. The first kappa shape index (κ1) is 41.6. The summed E-state index contributed by atoms with van der Waals surface area (Å²) in [6.07, 6.45) is 6.43. The SMILES string of the molecule is C[C@H](CCC(=O)NN)[C@H]1CC[C@H]2[C@@H]3[C@H](OC(=O)c4cc5ccc6cccc7ccc(c4)c5c67)C[C@@H]4C[C@H](N)CC[C@]4(C)[C@H]3C[C@H](OC(=O)c3cc4ccc5cccc6ccc(c3)c4c56)[C@]12C. The van der Waals surface area contributed by atoms with E-state index >= 15 is 0 Å². The van der Waals surface area contributed by atoms with Crippen LogP contribution in [0.1, 0.15) is 99.3 Å². The van der Waals surface area contributed by atoms with Gasteiger partial charge in [0.25, 0.3) is 0 Å². The van der Waals surface area contributed by atoms with Gasteiger partial charge < -0.3 is 15.2 Å². The second-order valence-corrected chi connectivity index (χ2v) is 21.5. The smallest absolute Gasteiger partial charge is 0.338 e. The molecule has 8 aromatic rings. The molecule has 12 rings (SSSR count). The van der Waals surface area contributed by atoms with Gasteiger partial charge in [-0.3, -0.25) is 10.2 Å². The maximum absolute atomic E-state index is 14.9. The van der Waals surface area contributed by atoms with E-state index in [-0.39, 0.29) is 77.0 Å². The number of carbonyl (C=O) groups is 3. The lowest BCUT2D eigenvalue weighted by Crippen LogP contribution is -2.63. The second-order valence-electron chi connectivity index (χ2n) is 21.5. The summed E-state index contributed by atoms with van der Waals surface area (Å²) in [5, 5.41) is 13.6. The number of nitrogens with two attached hydrogens (primary N) is 2. The highest BCUT2D eigenvalue weighted by atomic mass is 16.5. The highest BCUT2D eigenvalue weighted by molar-refractivity contribution is 6.25. The van der Waals surface area contributed by atoms with Crippen LogP contribution in [0.15, 0.2) is 109 Å². The van der Waals surface area contributed by atoms with Crippen LogP contribution in [0.2, 0.25) is 0 Å². The van der Waals surface area contributed by atoms with E-state index in [0.717, 1.165) is 60.1 Å². The van der Waals surface area contributed by atoms with Gasteiger partial charge in [0.2, 0.25) is 5.91 Å². The Bertz CT molecular complexity index is 3110. The summed E-state index contributed by atoms with van der Waals surface area (Å²) in [5.41, 5.74) is 9.73. The number of nitrogens with one attached hydrogen (secondary N) is 1. The fraction of sp³-hybridized carbons (Fsp3) is 0.397. The van der Waals surface area contributed by atoms with Crippen LogP contribution < -0.4 is 17.0 Å². The molecule has 0 unspecified atom stereocenters. The van der Waals surface area contributed by atoms with Crippen LogP contribution in [-0.2, 0) is 14.3 Å². The van der Waals surface area contributed by atoms with Gasteiger partial charge in [0.1, 0.15) is 12.2 Å². The molecule has 0 bridgehead atoms. The molecule has 8 aromatic carbocycles. The maximum atomic E-state index is 14.9. The van der Waals surface area contributed by atoms with Crippen LogP contribution in [0.5, 0.6) is 0 Å². The molecule has 4 fully saturated rings. The fourth-order valence-electron chi connectivity index (χ4n) is 15.2. The maximum Gasteiger partial charge on any atom is 0.338 e. The number of ether oxygens (including phenoxy) is 2. The standard InChI is InChI=1S/C58H59N3O5/c1-31(10-21-49(62)61-60)44-19-20-45-54-46(30-48(58(44,45)3)66-56(64)41-26-38-17-13-34-8-5-9-35-14-18-39(27-41)53(38)51(34)35)57(2)23-22-43(59)28-42(57)29-47(54)65-55(63)40-24-36-15-11-32-6-4-7-33-12-16-37(25-40)52(36)50(32)33/h4-9,11-18,24-27,31,42-48,54H,10,19-23,28-30,59-60H2,1-3H3,(H,61,62)/t31-,42+,43-,44-,45+,46+,47-,48+,54+,57+,58-/m1/s1. The highest BCUT2D eigenvalue weighted by Crippen LogP contribution is 2.69. The van der Waals surface area contributed by atoms with E-state index in [1.165, 1.54) is 43.1 Å². The van der Waals surface area contributed by atoms with E-state index in [2.05, 4.69) is 111 Å². The second kappa shape index (κ2) is 15.4. The van der Waals surface area contributed by atoms with E-state index in [1.54, 1.807) is 0 Å². The number of hydrogen-bond donors (Lipinski definition) is 3. The Morgan fingerprint density at radius 2 is 1.15 bits per heavy atom. The summed E-state index contributed by atoms with van der Waals surface area (Å²) in [6, 6.07) is 38.0. The van der Waals surface area contributed by atoms with Crippen LogP contribution in [0.3, 0.4) is 0 Å². The van der Waals surface area contributed by atoms with Crippen LogP contribution in [0.4, 0.5) is 0 Å². The molecule has 0 aliphatic heterocycles. The van der Waals surface area contributed by atoms with Crippen molar-refractivity contribution in [1.82, 2.24) is 5.43 Å². The molecule has 66 heavy (non-hydrogen) atoms. The van der Waals surface area contributed by atoms with Crippen molar-refractivity contribution in [1.29, 1.82) is 0 Å². The largest absolute Gasteiger partial charge is 0.458 e. The van der Waals surface area contributed by atoms with Crippen LogP contribution in [0.25, 0.3) is 64.6 Å². The first-order chi connectivity index (χ1) is 31.9. The van der Waals surface area contributed by atoms with Gasteiger partial charge in [-0.05, 0) is 175 Å². The number of esters is 2. The lowest BCUT2D eigenvalue weighted by Gasteiger charge is -2.64. The van der Waals surface area contributed by atoms with Crippen LogP contribution >= 0.6 is 0 Å². The normalized spacial score (nSPS) is 30.1. The van der Waals surface area contributed by atoms with E-state index in [1.807, 2.05) is 24.3 Å². The number of hydrogen-bond acceptors (Lipinski definition) is 7. The molecule has 8 nitrogen and oxygen atoms in total. The molecule has 0 radical (unpaired) electrons. The Morgan fingerprint density at radius 1 is 0.652 bits per heavy atom. The van der Waals surface area contributed by atoms with E-state index in [4.69, 9.17) is 21.1 Å². The molecular formula is C58H59N3O5. The Hall–Kier alpha value is -5.83. The Balaban J connectivity index is 0.924. The van der Waals surface area contributed by atoms with E-state index in [9.17, 15) is 14.4 Å². The number of hydrazine groups is 1. The third-order valence-electron chi connectivity index (χ3n) is 18.4. The predicted molar refractivity (Wildman–Crippen MR) is 263 cm³/mol. The molecule has 1 amide bonds. The highest BCUT2D eigenvalue weighted by Gasteiger charge is 2.67. The summed E-state index contributed by atoms with van der Waals surface area (Å²) < 4.78 is 14.0. The van der Waals surface area contributed by atoms with E-state index < -0.39 is 5.41 Å². The lowest BCUT2D eigenvalue weighted by molar-refractivity contribution is -0.202. The molecule has 4 aliphatic rings. The van der Waals surface area contributed by atoms with Crippen LogP contribution in [0, 0.1) is 46.3 Å². The van der Waals surface area contributed by atoms with Crippen molar-refractivity contribution in [2.24, 2.45) is 57.9 Å². The summed E-state index contributed by atoms with van der Waals surface area (Å²) in [7, 11) is 0. The van der Waals surface area contributed by atoms with Crippen molar-refractivity contribution >= 4 is 82.5 Å². The third-order valence-corrected chi connectivity index (χ3v) is 18.4. The summed E-state index contributed by atoms with van der Waals surface area (Å²) in [4.78, 5) is 42.2. The molecule has 5 N–H and O–H groups in total. The van der Waals surface area contributed by atoms with Crippen molar-refractivity contribution in [3.8, 4) is 0 Å². The average molecular weight is 878 g/mol. The quantitative estimate of drug-likeness (QED) is 0.0455. The van der Waals surface area contributed by atoms with Gasteiger partial charge >= 0.3 is 11.9 Å². The van der Waals surface area contributed by atoms with Crippen molar-refractivity contribution in [3.05, 3.63) is 120 Å². The zero-order valence-corrected chi connectivity index (χ0v) is 38.1. The first-order valence-corrected chi connectivity index (χ1v) is 24.4. The number of fused-ring (bicyclic) bond motifs is 5. The minimum absolute atomic E-state index is 0.0638. The van der Waals surface area contributed by atoms with Gasteiger partial charge in [-0.15, -0.1) is 0 Å². The minimum Gasteiger partial charge on any atom is -0.458 e. The van der Waals surface area contributed by atoms with Gasteiger partial charge in [0, 0.05) is 23.8 Å². The van der Waals surface area contributed by atoms with Crippen LogP contribution in [-0.4, -0.2) is 36.1 Å². The van der Waals surface area contributed by atoms with E-state index in [0.29, 0.717) is 30.4 Å². The summed E-state index contributed by atoms with van der Waals surface area (Å²) >= 11 is 0. The van der Waals surface area contributed by atoms with Crippen molar-refractivity contribution in [3.63, 3.8) is 0 Å². The zero-order chi connectivity index (χ0) is 45.2. The monoisotopic (exact) mass is 877 g/mol. The summed E-state index contributed by atoms with van der Waals surface area (Å²) in [5.74, 6) is 5.71. The summed E-state index contributed by atoms with van der Waals surface area (Å²) in [6.45, 7) is 7.06. The lowest BCUT2D eigenvalue weighted by atomic mass is 9.43. The molecule has 4 saturated carbocycles. The predicted octanol–water partition coefficient (Wildman–Crippen LogP) is 11.8. The Morgan fingerprint density at radius 3 is 1.68 bits per heavy atom. The zero-order valence-electron chi connectivity index (χ0n) is 38.1. The number of rotatable bonds is 8. The molecule has 11 atom stereocenters. The minimum atomic E-state index is -0.443. The topological polar surface area (TPSA) is 134 Å². The molecule has 4 aliphatic carbocycles. The van der Waals surface area contributed by atoms with Gasteiger partial charge in [-0.25, -0.2) is 15.4 Å². The molecule has 0 spiro atoms. The molecule has 0 aromatic heterocycles. The van der Waals surface area contributed by atoms with Gasteiger partial charge in [-0.2, -0.15) is 0 Å². The van der Waals surface area contributed by atoms with Gasteiger partial charge in [0.05, 0.1) is 11.1 Å².